The molecule has 1 amide bonds. The number of hydrogen-bond acceptors (Lipinski definition) is 6. The molecule has 1 aliphatic rings. The van der Waals surface area contributed by atoms with Gasteiger partial charge < -0.3 is 19.5 Å². The number of aliphatic hydroxyl groups excluding tert-OH is 1. The Morgan fingerprint density at radius 1 is 1.24 bits per heavy atom. The number of ether oxygens (including phenoxy) is 2. The van der Waals surface area contributed by atoms with E-state index < -0.39 is 6.10 Å². The quantitative estimate of drug-likeness (QED) is 0.455. The molecule has 0 radical (unpaired) electrons. The molecule has 1 aromatic carbocycles. The molecule has 2 aromatic rings. The van der Waals surface area contributed by atoms with Gasteiger partial charge in [0.25, 0.3) is 0 Å². The van der Waals surface area contributed by atoms with Crippen LogP contribution < -0.4 is 4.74 Å². The van der Waals surface area contributed by atoms with Gasteiger partial charge in [0.1, 0.15) is 12.4 Å². The van der Waals surface area contributed by atoms with E-state index in [0.717, 1.165) is 25.1 Å². The van der Waals surface area contributed by atoms with Crippen molar-refractivity contribution in [3.05, 3.63) is 51.7 Å². The van der Waals surface area contributed by atoms with Gasteiger partial charge >= 0.3 is 0 Å². The molecular formula is C27H40N2O4S. The van der Waals surface area contributed by atoms with Gasteiger partial charge in [-0.25, -0.2) is 0 Å². The molecule has 2 atom stereocenters. The van der Waals surface area contributed by atoms with Crippen LogP contribution in [0.2, 0.25) is 0 Å². The Kier molecular flexibility index (Phi) is 10.4. The number of rotatable bonds is 13. The Morgan fingerprint density at radius 2 is 2.00 bits per heavy atom. The topological polar surface area (TPSA) is 62.2 Å². The van der Waals surface area contributed by atoms with Crippen molar-refractivity contribution in [1.29, 1.82) is 0 Å². The third kappa shape index (κ3) is 7.80. The third-order valence-corrected chi connectivity index (χ3v) is 6.97. The molecule has 0 saturated carbocycles. The summed E-state index contributed by atoms with van der Waals surface area (Å²) in [6.45, 7) is 11.8. The molecule has 7 heteroatoms. The zero-order valence-electron chi connectivity index (χ0n) is 21.0. The van der Waals surface area contributed by atoms with Gasteiger partial charge in [0.15, 0.2) is 0 Å². The average Bonchev–Trinajstić information content (AvgIpc) is 3.27. The fourth-order valence-electron chi connectivity index (χ4n) is 4.31. The lowest BCUT2D eigenvalue weighted by Crippen LogP contribution is -2.48. The lowest BCUT2D eigenvalue weighted by atomic mass is 10.0. The molecule has 3 rings (SSSR count). The SMILES string of the molecule is CCCN(CC(=O)N1CCc2sccc2[C@@H]1COc1ccc(C)cc1)C[C@@H](O)COCC(C)C. The average molecular weight is 489 g/mol. The van der Waals surface area contributed by atoms with Gasteiger partial charge in [-0.1, -0.05) is 38.5 Å². The molecule has 0 bridgehead atoms. The van der Waals surface area contributed by atoms with Crippen LogP contribution in [-0.4, -0.2) is 72.9 Å². The lowest BCUT2D eigenvalue weighted by molar-refractivity contribution is -0.136. The second-order valence-corrected chi connectivity index (χ2v) is 10.6. The first kappa shape index (κ1) is 26.7. The van der Waals surface area contributed by atoms with Crippen molar-refractivity contribution in [2.24, 2.45) is 5.92 Å². The van der Waals surface area contributed by atoms with E-state index in [1.807, 2.05) is 34.1 Å². The first-order chi connectivity index (χ1) is 16.4. The van der Waals surface area contributed by atoms with Crippen LogP contribution in [0.15, 0.2) is 35.7 Å². The van der Waals surface area contributed by atoms with E-state index in [1.54, 1.807) is 11.3 Å². The highest BCUT2D eigenvalue weighted by Crippen LogP contribution is 2.34. The summed E-state index contributed by atoms with van der Waals surface area (Å²) in [5.74, 6) is 1.33. The van der Waals surface area contributed by atoms with Crippen molar-refractivity contribution in [3.63, 3.8) is 0 Å². The molecular weight excluding hydrogens is 448 g/mol. The predicted molar refractivity (Wildman–Crippen MR) is 138 cm³/mol. The highest BCUT2D eigenvalue weighted by molar-refractivity contribution is 7.10. The van der Waals surface area contributed by atoms with Crippen molar-refractivity contribution in [2.45, 2.75) is 52.7 Å². The van der Waals surface area contributed by atoms with Gasteiger partial charge in [-0.2, -0.15) is 0 Å². The second kappa shape index (κ2) is 13.2. The minimum absolute atomic E-state index is 0.0816. The van der Waals surface area contributed by atoms with Gasteiger partial charge in [-0.15, -0.1) is 11.3 Å². The molecule has 6 nitrogen and oxygen atoms in total. The van der Waals surface area contributed by atoms with Crippen LogP contribution in [-0.2, 0) is 16.0 Å². The number of hydrogen-bond donors (Lipinski definition) is 1. The Hall–Kier alpha value is -1.93. The monoisotopic (exact) mass is 488 g/mol. The fourth-order valence-corrected chi connectivity index (χ4v) is 5.24. The third-order valence-electron chi connectivity index (χ3n) is 5.97. The Bertz CT molecular complexity index is 883. The zero-order chi connectivity index (χ0) is 24.5. The molecule has 0 aliphatic carbocycles. The molecule has 0 spiro atoms. The van der Waals surface area contributed by atoms with Crippen molar-refractivity contribution in [3.8, 4) is 5.75 Å². The maximum absolute atomic E-state index is 13.5. The normalized spacial score (nSPS) is 16.7. The van der Waals surface area contributed by atoms with Gasteiger partial charge in [-0.05, 0) is 61.4 Å². The number of amides is 1. The highest BCUT2D eigenvalue weighted by Gasteiger charge is 2.33. The van der Waals surface area contributed by atoms with E-state index in [9.17, 15) is 9.90 Å². The predicted octanol–water partition coefficient (Wildman–Crippen LogP) is 4.31. The summed E-state index contributed by atoms with van der Waals surface area (Å²) in [5.41, 5.74) is 2.38. The first-order valence-electron chi connectivity index (χ1n) is 12.4. The largest absolute Gasteiger partial charge is 0.491 e. The Labute approximate surface area is 208 Å². The molecule has 0 fully saturated rings. The molecule has 34 heavy (non-hydrogen) atoms. The number of thiophene rings is 1. The van der Waals surface area contributed by atoms with Crippen LogP contribution in [0.5, 0.6) is 5.75 Å². The van der Waals surface area contributed by atoms with Crippen LogP contribution in [0.25, 0.3) is 0 Å². The van der Waals surface area contributed by atoms with E-state index in [4.69, 9.17) is 9.47 Å². The van der Waals surface area contributed by atoms with Crippen molar-refractivity contribution < 1.29 is 19.4 Å². The smallest absolute Gasteiger partial charge is 0.237 e. The number of fused-ring (bicyclic) bond motifs is 1. The van der Waals surface area contributed by atoms with E-state index in [1.165, 1.54) is 16.0 Å². The summed E-state index contributed by atoms with van der Waals surface area (Å²) < 4.78 is 11.7. The minimum atomic E-state index is -0.608. The maximum Gasteiger partial charge on any atom is 0.237 e. The van der Waals surface area contributed by atoms with Crippen LogP contribution in [0.3, 0.4) is 0 Å². The van der Waals surface area contributed by atoms with Crippen LogP contribution in [0.4, 0.5) is 0 Å². The van der Waals surface area contributed by atoms with Gasteiger partial charge in [0.2, 0.25) is 5.91 Å². The number of carbonyl (C=O) groups excluding carboxylic acids is 1. The molecule has 2 heterocycles. The van der Waals surface area contributed by atoms with E-state index in [2.05, 4.69) is 39.1 Å². The van der Waals surface area contributed by atoms with E-state index >= 15 is 0 Å². The van der Waals surface area contributed by atoms with Crippen LogP contribution in [0.1, 0.15) is 49.2 Å². The maximum atomic E-state index is 13.5. The van der Waals surface area contributed by atoms with Gasteiger partial charge in [0.05, 0.1) is 25.3 Å². The van der Waals surface area contributed by atoms with E-state index in [-0.39, 0.29) is 18.5 Å². The lowest BCUT2D eigenvalue weighted by Gasteiger charge is -2.37. The van der Waals surface area contributed by atoms with Gasteiger partial charge in [0, 0.05) is 24.6 Å². The Balaban J connectivity index is 1.64. The molecule has 0 saturated heterocycles. The number of carbonyl (C=O) groups is 1. The molecule has 1 aromatic heterocycles. The summed E-state index contributed by atoms with van der Waals surface area (Å²) in [6.07, 6.45) is 1.18. The fraction of sp³-hybridized carbons (Fsp3) is 0.593. The minimum Gasteiger partial charge on any atom is -0.491 e. The number of nitrogens with zero attached hydrogens (tertiary/aromatic N) is 2. The molecule has 188 valence electrons. The summed E-state index contributed by atoms with van der Waals surface area (Å²) in [7, 11) is 0. The van der Waals surface area contributed by atoms with Crippen LogP contribution >= 0.6 is 11.3 Å². The summed E-state index contributed by atoms with van der Waals surface area (Å²) in [4.78, 5) is 18.8. The number of benzene rings is 1. The molecule has 1 aliphatic heterocycles. The second-order valence-electron chi connectivity index (χ2n) is 9.60. The number of aryl methyl sites for hydroxylation is 1. The molecule has 1 N–H and O–H groups in total. The summed E-state index contributed by atoms with van der Waals surface area (Å²) >= 11 is 1.76. The van der Waals surface area contributed by atoms with Crippen molar-refractivity contribution >= 4 is 17.2 Å². The highest BCUT2D eigenvalue weighted by atomic mass is 32.1. The number of aliphatic hydroxyl groups is 1. The zero-order valence-corrected chi connectivity index (χ0v) is 21.9. The van der Waals surface area contributed by atoms with E-state index in [0.29, 0.717) is 38.8 Å². The van der Waals surface area contributed by atoms with Crippen LogP contribution in [0, 0.1) is 12.8 Å². The van der Waals surface area contributed by atoms with Crippen molar-refractivity contribution in [2.75, 3.05) is 46.0 Å². The Morgan fingerprint density at radius 3 is 2.71 bits per heavy atom. The summed E-state index contributed by atoms with van der Waals surface area (Å²) in [6, 6.07) is 10.0. The first-order valence-corrected chi connectivity index (χ1v) is 13.3. The molecule has 0 unspecified atom stereocenters. The summed E-state index contributed by atoms with van der Waals surface area (Å²) in [5, 5.41) is 12.6. The standard InChI is InChI=1S/C27H40N2O4S/c1-5-12-28(15-22(30)18-32-17-20(2)3)16-27(31)29-13-10-26-24(11-14-34-26)25(29)19-33-23-8-6-21(4)7-9-23/h6-9,11,14,20,22,25,30H,5,10,12-13,15-19H2,1-4H3/t22-,25+/m1/s1. The van der Waals surface area contributed by atoms with Gasteiger partial charge in [-0.3, -0.25) is 9.69 Å². The van der Waals surface area contributed by atoms with Crippen molar-refractivity contribution in [1.82, 2.24) is 9.80 Å².